The van der Waals surface area contributed by atoms with Gasteiger partial charge in [-0.3, -0.25) is 9.59 Å². The van der Waals surface area contributed by atoms with Gasteiger partial charge in [0.25, 0.3) is 11.8 Å². The van der Waals surface area contributed by atoms with Crippen molar-refractivity contribution in [2.24, 2.45) is 0 Å². The van der Waals surface area contributed by atoms with Gasteiger partial charge in [0, 0.05) is 10.0 Å². The van der Waals surface area contributed by atoms with Crippen molar-refractivity contribution in [2.45, 2.75) is 0 Å². The zero-order chi connectivity index (χ0) is 18.1. The van der Waals surface area contributed by atoms with Crippen molar-refractivity contribution < 1.29 is 14.3 Å². The van der Waals surface area contributed by atoms with Gasteiger partial charge in [0.05, 0.1) is 18.5 Å². The van der Waals surface area contributed by atoms with Gasteiger partial charge in [0.1, 0.15) is 16.5 Å². The fourth-order valence-electron chi connectivity index (χ4n) is 2.37. The molecule has 2 amide bonds. The second-order valence-electron chi connectivity index (χ2n) is 5.08. The highest BCUT2D eigenvalue weighted by molar-refractivity contribution is 6.53. The summed E-state index contributed by atoms with van der Waals surface area (Å²) in [4.78, 5) is 26.1. The molecule has 2 aromatic rings. The number of rotatable bonds is 4. The summed E-state index contributed by atoms with van der Waals surface area (Å²) in [5, 5.41) is 3.44. The Morgan fingerprint density at radius 2 is 1.68 bits per heavy atom. The summed E-state index contributed by atoms with van der Waals surface area (Å²) < 4.78 is 5.22. The maximum absolute atomic E-state index is 12.7. The van der Waals surface area contributed by atoms with E-state index >= 15 is 0 Å². The Bertz CT molecular complexity index is 912. The first-order valence-corrected chi connectivity index (χ1v) is 8.20. The van der Waals surface area contributed by atoms with E-state index in [2.05, 4.69) is 5.32 Å². The summed E-state index contributed by atoms with van der Waals surface area (Å²) in [6.45, 7) is 0. The zero-order valence-corrected chi connectivity index (χ0v) is 15.1. The molecule has 1 aliphatic rings. The van der Waals surface area contributed by atoms with Crippen LogP contribution in [0.15, 0.2) is 53.2 Å². The predicted octanol–water partition coefficient (Wildman–Crippen LogP) is 4.44. The highest BCUT2D eigenvalue weighted by Crippen LogP contribution is 2.34. The van der Waals surface area contributed by atoms with Crippen LogP contribution in [0.5, 0.6) is 5.75 Å². The fourth-order valence-corrected chi connectivity index (χ4v) is 2.94. The fraction of sp³-hybridized carbons (Fsp3) is 0.0588. The van der Waals surface area contributed by atoms with Crippen molar-refractivity contribution in [1.29, 1.82) is 0 Å². The molecule has 0 fully saturated rings. The number of benzene rings is 2. The minimum absolute atomic E-state index is 0.0628. The first-order chi connectivity index (χ1) is 11.9. The lowest BCUT2D eigenvalue weighted by atomic mass is 10.2. The van der Waals surface area contributed by atoms with Gasteiger partial charge in [0.2, 0.25) is 0 Å². The number of carbonyl (C=O) groups excluding carboxylic acids is 2. The molecule has 1 N–H and O–H groups in total. The lowest BCUT2D eigenvalue weighted by molar-refractivity contribution is -0.120. The van der Waals surface area contributed by atoms with Crippen LogP contribution in [0.3, 0.4) is 0 Å². The minimum atomic E-state index is -0.641. The molecule has 8 heteroatoms. The van der Waals surface area contributed by atoms with Crippen molar-refractivity contribution in [3.05, 3.63) is 63.2 Å². The average molecular weight is 398 g/mol. The molecule has 0 radical (unpaired) electrons. The normalized spacial score (nSPS) is 14.3. The lowest BCUT2D eigenvalue weighted by Crippen LogP contribution is -2.32. The van der Waals surface area contributed by atoms with Crippen LogP contribution in [-0.2, 0) is 9.59 Å². The maximum Gasteiger partial charge on any atom is 0.283 e. The molecule has 1 heterocycles. The van der Waals surface area contributed by atoms with Crippen molar-refractivity contribution in [3.63, 3.8) is 0 Å². The van der Waals surface area contributed by atoms with Gasteiger partial charge >= 0.3 is 0 Å². The number of hydrogen-bond donors (Lipinski definition) is 1. The molecule has 0 spiro atoms. The highest BCUT2D eigenvalue weighted by atomic mass is 35.5. The van der Waals surface area contributed by atoms with Crippen LogP contribution in [0, 0.1) is 0 Å². The first kappa shape index (κ1) is 17.6. The molecular formula is C17H11Cl3N2O3. The maximum atomic E-state index is 12.7. The van der Waals surface area contributed by atoms with E-state index in [0.29, 0.717) is 27.2 Å². The second-order valence-corrected chi connectivity index (χ2v) is 6.34. The van der Waals surface area contributed by atoms with Gasteiger partial charge in [-0.05, 0) is 36.4 Å². The smallest absolute Gasteiger partial charge is 0.283 e. The summed E-state index contributed by atoms with van der Waals surface area (Å²) in [6.07, 6.45) is 0. The summed E-state index contributed by atoms with van der Waals surface area (Å²) in [5.41, 5.74) is 0.681. The molecular weight excluding hydrogens is 387 g/mol. The molecule has 0 saturated heterocycles. The summed E-state index contributed by atoms with van der Waals surface area (Å²) in [5.74, 6) is -0.792. The van der Waals surface area contributed by atoms with Crippen molar-refractivity contribution >= 4 is 58.0 Å². The van der Waals surface area contributed by atoms with Crippen molar-refractivity contribution in [3.8, 4) is 5.75 Å². The van der Waals surface area contributed by atoms with Crippen LogP contribution in [0.1, 0.15) is 0 Å². The standard InChI is InChI=1S/C17H11Cl3N2O3/c1-25-13-6-5-10(19)8-12(13)21-15-14(20)16(23)22(17(15)24)11-4-2-3-9(18)7-11/h2-8,21H,1H3. The molecule has 0 unspecified atom stereocenters. The molecule has 25 heavy (non-hydrogen) atoms. The molecule has 0 atom stereocenters. The third-order valence-electron chi connectivity index (χ3n) is 3.51. The monoisotopic (exact) mass is 396 g/mol. The number of anilines is 2. The van der Waals surface area contributed by atoms with Crippen LogP contribution in [0.25, 0.3) is 0 Å². The van der Waals surface area contributed by atoms with Gasteiger partial charge in [-0.2, -0.15) is 0 Å². The van der Waals surface area contributed by atoms with E-state index in [0.717, 1.165) is 4.90 Å². The number of amides is 2. The average Bonchev–Trinajstić information content (AvgIpc) is 2.79. The van der Waals surface area contributed by atoms with Crippen LogP contribution < -0.4 is 15.0 Å². The predicted molar refractivity (Wildman–Crippen MR) is 98.5 cm³/mol. The molecule has 5 nitrogen and oxygen atoms in total. The summed E-state index contributed by atoms with van der Waals surface area (Å²) in [7, 11) is 1.48. The largest absolute Gasteiger partial charge is 0.495 e. The number of nitrogens with zero attached hydrogens (tertiary/aromatic N) is 1. The SMILES string of the molecule is COc1ccc(Cl)cc1NC1=C(Cl)C(=O)N(c2cccc(Cl)c2)C1=O. The van der Waals surface area contributed by atoms with Gasteiger partial charge in [0.15, 0.2) is 0 Å². The first-order valence-electron chi connectivity index (χ1n) is 7.07. The Kier molecular flexibility index (Phi) is 4.90. The second kappa shape index (κ2) is 6.96. The zero-order valence-electron chi connectivity index (χ0n) is 12.8. The highest BCUT2D eigenvalue weighted by Gasteiger charge is 2.39. The van der Waals surface area contributed by atoms with Crippen molar-refractivity contribution in [1.82, 2.24) is 0 Å². The summed E-state index contributed by atoms with van der Waals surface area (Å²) >= 11 is 18.0. The molecule has 0 aromatic heterocycles. The van der Waals surface area contributed by atoms with E-state index < -0.39 is 11.8 Å². The number of imide groups is 1. The van der Waals surface area contributed by atoms with Crippen molar-refractivity contribution in [2.75, 3.05) is 17.3 Å². The third kappa shape index (κ3) is 3.31. The van der Waals surface area contributed by atoms with Crippen LogP contribution in [-0.4, -0.2) is 18.9 Å². The number of methoxy groups -OCH3 is 1. The summed E-state index contributed by atoms with van der Waals surface area (Å²) in [6, 6.07) is 11.2. The van der Waals surface area contributed by atoms with Crippen LogP contribution in [0.2, 0.25) is 10.0 Å². The topological polar surface area (TPSA) is 58.6 Å². The Hall–Kier alpha value is -2.21. The Morgan fingerprint density at radius 1 is 0.960 bits per heavy atom. The Morgan fingerprint density at radius 3 is 2.36 bits per heavy atom. The van der Waals surface area contributed by atoms with Gasteiger partial charge in [-0.1, -0.05) is 40.9 Å². The number of ether oxygens (including phenoxy) is 1. The molecule has 0 saturated carbocycles. The van der Waals surface area contributed by atoms with E-state index in [9.17, 15) is 9.59 Å². The third-order valence-corrected chi connectivity index (χ3v) is 4.34. The van der Waals surface area contributed by atoms with E-state index in [1.54, 1.807) is 36.4 Å². The van der Waals surface area contributed by atoms with Crippen LogP contribution >= 0.6 is 34.8 Å². The number of nitrogens with one attached hydrogen (secondary N) is 1. The van der Waals surface area contributed by atoms with Gasteiger partial charge in [-0.25, -0.2) is 4.90 Å². The number of halogens is 3. The lowest BCUT2D eigenvalue weighted by Gasteiger charge is -2.16. The van der Waals surface area contributed by atoms with E-state index in [1.165, 1.54) is 13.2 Å². The van der Waals surface area contributed by atoms with E-state index in [4.69, 9.17) is 39.5 Å². The van der Waals surface area contributed by atoms with Crippen LogP contribution in [0.4, 0.5) is 11.4 Å². The molecule has 3 rings (SSSR count). The molecule has 2 aromatic carbocycles. The molecule has 0 bridgehead atoms. The van der Waals surface area contributed by atoms with Gasteiger partial charge < -0.3 is 10.1 Å². The Labute approximate surface area is 158 Å². The van der Waals surface area contributed by atoms with E-state index in [1.807, 2.05) is 0 Å². The Balaban J connectivity index is 1.97. The van der Waals surface area contributed by atoms with E-state index in [-0.39, 0.29) is 10.7 Å². The number of hydrogen-bond acceptors (Lipinski definition) is 4. The molecule has 0 aliphatic carbocycles. The number of carbonyl (C=O) groups is 2. The molecule has 128 valence electrons. The quantitative estimate of drug-likeness (QED) is 0.775. The van der Waals surface area contributed by atoms with Gasteiger partial charge in [-0.15, -0.1) is 0 Å². The molecule has 1 aliphatic heterocycles. The minimum Gasteiger partial charge on any atom is -0.495 e.